The lowest BCUT2D eigenvalue weighted by Gasteiger charge is -2.27. The summed E-state index contributed by atoms with van der Waals surface area (Å²) in [5.41, 5.74) is -0.914. The van der Waals surface area contributed by atoms with Crippen LogP contribution in [-0.2, 0) is 19.0 Å². The van der Waals surface area contributed by atoms with E-state index in [1.807, 2.05) is 0 Å². The molecule has 0 aromatic heterocycles. The maximum Gasteiger partial charge on any atom is 0.408 e. The van der Waals surface area contributed by atoms with Gasteiger partial charge in [0.25, 0.3) is 0 Å². The second-order valence-corrected chi connectivity index (χ2v) is 7.86. The molecule has 0 radical (unpaired) electrons. The van der Waals surface area contributed by atoms with Gasteiger partial charge in [-0.25, -0.2) is 9.59 Å². The van der Waals surface area contributed by atoms with E-state index in [-0.39, 0.29) is 12.6 Å². The molecule has 0 heterocycles. The molecular weight excluding hydrogens is 358 g/mol. The number of rotatable bonds is 16. The molecule has 0 aromatic carbocycles. The Kier molecular flexibility index (Phi) is 13.8. The molecule has 1 amide bonds. The monoisotopic (exact) mass is 399 g/mol. The summed E-state index contributed by atoms with van der Waals surface area (Å²) in [4.78, 5) is 24.5. The van der Waals surface area contributed by atoms with Crippen LogP contribution in [-0.4, -0.2) is 44.5 Å². The summed E-state index contributed by atoms with van der Waals surface area (Å²) in [6, 6.07) is 0. The Hall–Kier alpha value is -1.30. The van der Waals surface area contributed by atoms with Gasteiger partial charge in [0.05, 0.1) is 13.2 Å². The number of methoxy groups -OCH3 is 1. The Balaban J connectivity index is 2.15. The maximum absolute atomic E-state index is 12.6. The topological polar surface area (TPSA) is 73.9 Å². The standard InChI is InChI=1S/C22H41NO5/c1-3-4-5-6-7-8-9-10-11-14-17-27-20(24)22(15-12-13-16-22)23-21(25)28-19-18-26-2/h3-19H2,1-2H3,(H,23,25). The van der Waals surface area contributed by atoms with Gasteiger partial charge >= 0.3 is 12.1 Å². The molecule has 1 N–H and O–H groups in total. The normalized spacial score (nSPS) is 15.4. The smallest absolute Gasteiger partial charge is 0.408 e. The maximum atomic E-state index is 12.6. The molecule has 0 spiro atoms. The highest BCUT2D eigenvalue weighted by molar-refractivity contribution is 5.86. The Morgan fingerprint density at radius 2 is 1.36 bits per heavy atom. The van der Waals surface area contributed by atoms with Gasteiger partial charge in [0.15, 0.2) is 0 Å². The van der Waals surface area contributed by atoms with Crippen molar-refractivity contribution in [2.75, 3.05) is 26.9 Å². The van der Waals surface area contributed by atoms with Crippen LogP contribution in [0, 0.1) is 0 Å². The van der Waals surface area contributed by atoms with Gasteiger partial charge in [0, 0.05) is 7.11 Å². The number of esters is 1. The Labute approximate surface area is 171 Å². The number of ether oxygens (including phenoxy) is 3. The highest BCUT2D eigenvalue weighted by atomic mass is 16.6. The molecule has 0 bridgehead atoms. The SMILES string of the molecule is CCCCCCCCCCCCOC(=O)C1(NC(=O)OCCOC)CCCC1. The van der Waals surface area contributed by atoms with Crippen molar-refractivity contribution in [3.63, 3.8) is 0 Å². The van der Waals surface area contributed by atoms with Crippen molar-refractivity contribution in [1.82, 2.24) is 5.32 Å². The van der Waals surface area contributed by atoms with E-state index in [0.717, 1.165) is 25.7 Å². The number of hydrogen-bond acceptors (Lipinski definition) is 5. The van der Waals surface area contributed by atoms with Gasteiger partial charge in [0.2, 0.25) is 0 Å². The van der Waals surface area contributed by atoms with E-state index in [4.69, 9.17) is 14.2 Å². The van der Waals surface area contributed by atoms with E-state index in [9.17, 15) is 9.59 Å². The van der Waals surface area contributed by atoms with Crippen molar-refractivity contribution < 1.29 is 23.8 Å². The van der Waals surface area contributed by atoms with Crippen LogP contribution in [0.2, 0.25) is 0 Å². The molecule has 164 valence electrons. The zero-order chi connectivity index (χ0) is 20.5. The molecule has 0 saturated heterocycles. The molecule has 6 nitrogen and oxygen atoms in total. The van der Waals surface area contributed by atoms with E-state index in [0.29, 0.717) is 26.1 Å². The molecule has 28 heavy (non-hydrogen) atoms. The summed E-state index contributed by atoms with van der Waals surface area (Å²) < 4.78 is 15.4. The molecule has 1 aliphatic rings. The first kappa shape index (κ1) is 24.7. The van der Waals surface area contributed by atoms with E-state index >= 15 is 0 Å². The fourth-order valence-electron chi connectivity index (χ4n) is 3.70. The summed E-state index contributed by atoms with van der Waals surface area (Å²) in [6.07, 6.45) is 14.9. The molecule has 0 atom stereocenters. The molecule has 6 heteroatoms. The fraction of sp³-hybridized carbons (Fsp3) is 0.909. The van der Waals surface area contributed by atoms with Gasteiger partial charge in [-0.05, 0) is 19.3 Å². The second kappa shape index (κ2) is 15.6. The van der Waals surface area contributed by atoms with Crippen LogP contribution < -0.4 is 5.32 Å². The summed E-state index contributed by atoms with van der Waals surface area (Å²) in [6.45, 7) is 3.18. The van der Waals surface area contributed by atoms with E-state index in [2.05, 4.69) is 12.2 Å². The van der Waals surface area contributed by atoms with Crippen molar-refractivity contribution in [3.8, 4) is 0 Å². The van der Waals surface area contributed by atoms with Gasteiger partial charge in [-0.3, -0.25) is 0 Å². The molecule has 1 aliphatic carbocycles. The van der Waals surface area contributed by atoms with Crippen molar-refractivity contribution in [2.45, 2.75) is 102 Å². The number of carbonyl (C=O) groups is 2. The van der Waals surface area contributed by atoms with Gasteiger partial charge in [-0.1, -0.05) is 77.6 Å². The van der Waals surface area contributed by atoms with Crippen LogP contribution in [0.25, 0.3) is 0 Å². The lowest BCUT2D eigenvalue weighted by molar-refractivity contribution is -0.151. The highest BCUT2D eigenvalue weighted by Crippen LogP contribution is 2.31. The quantitative estimate of drug-likeness (QED) is 0.287. The summed E-state index contributed by atoms with van der Waals surface area (Å²) >= 11 is 0. The third-order valence-corrected chi connectivity index (χ3v) is 5.44. The zero-order valence-electron chi connectivity index (χ0n) is 18.1. The van der Waals surface area contributed by atoms with Crippen molar-refractivity contribution >= 4 is 12.1 Å². The number of nitrogens with one attached hydrogen (secondary N) is 1. The average molecular weight is 400 g/mol. The van der Waals surface area contributed by atoms with Crippen LogP contribution in [0.4, 0.5) is 4.79 Å². The minimum absolute atomic E-state index is 0.173. The lowest BCUT2D eigenvalue weighted by atomic mass is 9.98. The molecular formula is C22H41NO5. The molecule has 1 saturated carbocycles. The van der Waals surface area contributed by atoms with Gasteiger partial charge in [-0.2, -0.15) is 0 Å². The van der Waals surface area contributed by atoms with Crippen molar-refractivity contribution in [1.29, 1.82) is 0 Å². The highest BCUT2D eigenvalue weighted by Gasteiger charge is 2.44. The molecule has 0 aromatic rings. The van der Waals surface area contributed by atoms with Crippen LogP contribution >= 0.6 is 0 Å². The third-order valence-electron chi connectivity index (χ3n) is 5.44. The molecule has 0 aliphatic heterocycles. The van der Waals surface area contributed by atoms with Crippen LogP contribution in [0.15, 0.2) is 0 Å². The number of alkyl carbamates (subject to hydrolysis) is 1. The van der Waals surface area contributed by atoms with Crippen LogP contribution in [0.3, 0.4) is 0 Å². The van der Waals surface area contributed by atoms with Crippen molar-refractivity contribution in [2.24, 2.45) is 0 Å². The van der Waals surface area contributed by atoms with E-state index < -0.39 is 11.6 Å². The minimum atomic E-state index is -0.914. The molecule has 1 fully saturated rings. The molecule has 1 rings (SSSR count). The predicted molar refractivity (Wildman–Crippen MR) is 110 cm³/mol. The zero-order valence-corrected chi connectivity index (χ0v) is 18.1. The van der Waals surface area contributed by atoms with Crippen molar-refractivity contribution in [3.05, 3.63) is 0 Å². The summed E-state index contributed by atoms with van der Waals surface area (Å²) in [5.74, 6) is -0.315. The fourth-order valence-corrected chi connectivity index (χ4v) is 3.70. The second-order valence-electron chi connectivity index (χ2n) is 7.86. The van der Waals surface area contributed by atoms with Gasteiger partial charge in [-0.15, -0.1) is 0 Å². The number of carbonyl (C=O) groups excluding carboxylic acids is 2. The van der Waals surface area contributed by atoms with Crippen LogP contribution in [0.1, 0.15) is 96.8 Å². The first-order chi connectivity index (χ1) is 13.6. The van der Waals surface area contributed by atoms with Gasteiger partial charge in [0.1, 0.15) is 12.1 Å². The number of amides is 1. The Morgan fingerprint density at radius 1 is 0.786 bits per heavy atom. The minimum Gasteiger partial charge on any atom is -0.464 e. The Morgan fingerprint density at radius 3 is 1.93 bits per heavy atom. The predicted octanol–water partition coefficient (Wildman–Crippen LogP) is 5.14. The number of unbranched alkanes of at least 4 members (excludes halogenated alkanes) is 9. The third kappa shape index (κ3) is 10.3. The van der Waals surface area contributed by atoms with E-state index in [1.165, 1.54) is 51.4 Å². The van der Waals surface area contributed by atoms with E-state index in [1.54, 1.807) is 7.11 Å². The largest absolute Gasteiger partial charge is 0.464 e. The first-order valence-electron chi connectivity index (χ1n) is 11.3. The Bertz CT molecular complexity index is 421. The molecule has 0 unspecified atom stereocenters. The first-order valence-corrected chi connectivity index (χ1v) is 11.3. The lowest BCUT2D eigenvalue weighted by Crippen LogP contribution is -2.53. The van der Waals surface area contributed by atoms with Crippen LogP contribution in [0.5, 0.6) is 0 Å². The van der Waals surface area contributed by atoms with Gasteiger partial charge < -0.3 is 19.5 Å². The average Bonchev–Trinajstić information content (AvgIpc) is 3.15. The summed E-state index contributed by atoms with van der Waals surface area (Å²) in [7, 11) is 1.55. The summed E-state index contributed by atoms with van der Waals surface area (Å²) in [5, 5.41) is 2.75. The number of hydrogen-bond donors (Lipinski definition) is 1.